The molecule has 0 amide bonds. The maximum atomic E-state index is 11.9. The average molecular weight is 272 g/mol. The fourth-order valence-corrected chi connectivity index (χ4v) is 2.24. The van der Waals surface area contributed by atoms with Gasteiger partial charge in [-0.3, -0.25) is 4.79 Å². The second kappa shape index (κ2) is 6.71. The number of nitrogens with one attached hydrogen (secondary N) is 1. The monoisotopic (exact) mass is 272 g/mol. The number of nitrogens with zero attached hydrogens (tertiary/aromatic N) is 1. The summed E-state index contributed by atoms with van der Waals surface area (Å²) >= 11 is 0. The zero-order valence-corrected chi connectivity index (χ0v) is 14.1. The molecule has 3 unspecified atom stereocenters. The van der Waals surface area contributed by atoms with E-state index in [-0.39, 0.29) is 17.4 Å². The second-order valence-corrected chi connectivity index (χ2v) is 6.83. The molecule has 0 radical (unpaired) electrons. The summed E-state index contributed by atoms with van der Waals surface area (Å²) in [6.07, 6.45) is 0.715. The summed E-state index contributed by atoms with van der Waals surface area (Å²) in [7, 11) is 5.36. The standard InChI is InChI=1S/C15H32N2O2/c1-11(17(8)12(2)14(3,4)5)10-15(6,16-7)13(18)19-9/h11-12,16H,10H2,1-9H3. The normalized spacial score (nSPS) is 18.8. The van der Waals surface area contributed by atoms with Gasteiger partial charge in [0.15, 0.2) is 0 Å². The highest BCUT2D eigenvalue weighted by Gasteiger charge is 2.37. The van der Waals surface area contributed by atoms with Crippen LogP contribution in [0.4, 0.5) is 0 Å². The van der Waals surface area contributed by atoms with Gasteiger partial charge >= 0.3 is 5.97 Å². The van der Waals surface area contributed by atoms with Crippen molar-refractivity contribution in [3.63, 3.8) is 0 Å². The fourth-order valence-electron chi connectivity index (χ4n) is 2.24. The largest absolute Gasteiger partial charge is 0.468 e. The molecule has 0 bridgehead atoms. The molecule has 0 fully saturated rings. The van der Waals surface area contributed by atoms with Crippen LogP contribution in [0.3, 0.4) is 0 Å². The molecule has 0 aliphatic carbocycles. The third kappa shape index (κ3) is 4.77. The van der Waals surface area contributed by atoms with Crippen molar-refractivity contribution in [1.82, 2.24) is 10.2 Å². The molecule has 0 aromatic carbocycles. The summed E-state index contributed by atoms with van der Waals surface area (Å²) in [4.78, 5) is 14.2. The van der Waals surface area contributed by atoms with Crippen molar-refractivity contribution in [1.29, 1.82) is 0 Å². The third-order valence-corrected chi connectivity index (χ3v) is 4.45. The second-order valence-electron chi connectivity index (χ2n) is 6.83. The number of esters is 1. The lowest BCUT2D eigenvalue weighted by molar-refractivity contribution is -0.148. The van der Waals surface area contributed by atoms with E-state index in [1.54, 1.807) is 7.05 Å². The molecule has 0 saturated carbocycles. The highest BCUT2D eigenvalue weighted by Crippen LogP contribution is 2.27. The molecule has 0 spiro atoms. The third-order valence-electron chi connectivity index (χ3n) is 4.45. The van der Waals surface area contributed by atoms with Crippen molar-refractivity contribution in [2.24, 2.45) is 5.41 Å². The first-order valence-electron chi connectivity index (χ1n) is 6.99. The van der Waals surface area contributed by atoms with Gasteiger partial charge in [-0.25, -0.2) is 0 Å². The lowest BCUT2D eigenvalue weighted by atomic mass is 9.85. The molecule has 0 rings (SSSR count). The Balaban J connectivity index is 4.84. The summed E-state index contributed by atoms with van der Waals surface area (Å²) < 4.78 is 4.89. The first kappa shape index (κ1) is 18.4. The molecule has 0 aromatic rings. The van der Waals surface area contributed by atoms with E-state index in [0.29, 0.717) is 12.5 Å². The summed E-state index contributed by atoms with van der Waals surface area (Å²) in [6, 6.07) is 0.715. The number of likely N-dealkylation sites (N-methyl/N-ethyl adjacent to an activating group) is 1. The molecule has 3 atom stereocenters. The van der Waals surface area contributed by atoms with Crippen LogP contribution in [0.25, 0.3) is 0 Å². The molecule has 1 N–H and O–H groups in total. The van der Waals surface area contributed by atoms with Crippen LogP contribution < -0.4 is 5.32 Å². The van der Waals surface area contributed by atoms with E-state index in [0.717, 1.165) is 0 Å². The summed E-state index contributed by atoms with van der Waals surface area (Å²) in [5.41, 5.74) is -0.426. The van der Waals surface area contributed by atoms with Crippen LogP contribution in [0.1, 0.15) is 48.0 Å². The van der Waals surface area contributed by atoms with Crippen molar-refractivity contribution in [2.45, 2.75) is 65.6 Å². The molecule has 0 saturated heterocycles. The van der Waals surface area contributed by atoms with Crippen molar-refractivity contribution in [3.8, 4) is 0 Å². The van der Waals surface area contributed by atoms with Crippen molar-refractivity contribution in [2.75, 3.05) is 21.2 Å². The smallest absolute Gasteiger partial charge is 0.325 e. The van der Waals surface area contributed by atoms with E-state index in [1.165, 1.54) is 7.11 Å². The van der Waals surface area contributed by atoms with E-state index in [4.69, 9.17) is 4.74 Å². The minimum atomic E-state index is -0.639. The number of hydrogen-bond acceptors (Lipinski definition) is 4. The van der Waals surface area contributed by atoms with Crippen LogP contribution >= 0.6 is 0 Å². The summed E-state index contributed by atoms with van der Waals surface area (Å²) in [6.45, 7) is 13.0. The molecule has 114 valence electrons. The van der Waals surface area contributed by atoms with Gasteiger partial charge in [0.1, 0.15) is 5.54 Å². The highest BCUT2D eigenvalue weighted by molar-refractivity contribution is 5.80. The number of ether oxygens (including phenoxy) is 1. The number of methoxy groups -OCH3 is 1. The topological polar surface area (TPSA) is 41.6 Å². The summed E-state index contributed by atoms with van der Waals surface area (Å²) in [5, 5.41) is 3.09. The molecular formula is C15H32N2O2. The van der Waals surface area contributed by atoms with E-state index >= 15 is 0 Å². The van der Waals surface area contributed by atoms with Gasteiger partial charge in [0.05, 0.1) is 7.11 Å². The first-order valence-corrected chi connectivity index (χ1v) is 6.99. The van der Waals surface area contributed by atoms with E-state index in [9.17, 15) is 4.79 Å². The van der Waals surface area contributed by atoms with E-state index < -0.39 is 5.54 Å². The number of carbonyl (C=O) groups excluding carboxylic acids is 1. The summed E-state index contributed by atoms with van der Waals surface area (Å²) in [5.74, 6) is -0.210. The zero-order valence-electron chi connectivity index (χ0n) is 14.1. The molecule has 4 nitrogen and oxygen atoms in total. The van der Waals surface area contributed by atoms with Gasteiger partial charge in [0.2, 0.25) is 0 Å². The quantitative estimate of drug-likeness (QED) is 0.753. The Kier molecular flexibility index (Phi) is 6.49. The minimum Gasteiger partial charge on any atom is -0.468 e. The Morgan fingerprint density at radius 3 is 2.05 bits per heavy atom. The molecular weight excluding hydrogens is 240 g/mol. The van der Waals surface area contributed by atoms with Gasteiger partial charge in [0.25, 0.3) is 0 Å². The van der Waals surface area contributed by atoms with Crippen LogP contribution in [-0.4, -0.2) is 49.7 Å². The Hall–Kier alpha value is -0.610. The van der Waals surface area contributed by atoms with Gasteiger partial charge in [-0.1, -0.05) is 20.8 Å². The minimum absolute atomic E-state index is 0.210. The Labute approximate surface area is 118 Å². The predicted octanol–water partition coefficient (Wildman–Crippen LogP) is 2.28. The number of hydrogen-bond donors (Lipinski definition) is 1. The van der Waals surface area contributed by atoms with Crippen LogP contribution in [-0.2, 0) is 9.53 Å². The van der Waals surface area contributed by atoms with Gasteiger partial charge < -0.3 is 15.0 Å². The van der Waals surface area contributed by atoms with Crippen LogP contribution in [0.2, 0.25) is 0 Å². The molecule has 0 aliphatic heterocycles. The number of rotatable bonds is 6. The number of carbonyl (C=O) groups is 1. The van der Waals surface area contributed by atoms with E-state index in [1.807, 2.05) is 6.92 Å². The Morgan fingerprint density at radius 1 is 1.26 bits per heavy atom. The lowest BCUT2D eigenvalue weighted by Gasteiger charge is -2.41. The van der Waals surface area contributed by atoms with Gasteiger partial charge in [-0.15, -0.1) is 0 Å². The molecule has 4 heteroatoms. The molecule has 19 heavy (non-hydrogen) atoms. The Morgan fingerprint density at radius 2 is 1.74 bits per heavy atom. The van der Waals surface area contributed by atoms with Crippen molar-refractivity contribution in [3.05, 3.63) is 0 Å². The first-order chi connectivity index (χ1) is 8.49. The maximum Gasteiger partial charge on any atom is 0.325 e. The van der Waals surface area contributed by atoms with Gasteiger partial charge in [-0.05, 0) is 46.7 Å². The molecule has 0 aromatic heterocycles. The van der Waals surface area contributed by atoms with Gasteiger partial charge in [0, 0.05) is 12.1 Å². The van der Waals surface area contributed by atoms with Crippen molar-refractivity contribution < 1.29 is 9.53 Å². The average Bonchev–Trinajstić information content (AvgIpc) is 2.34. The Bertz CT molecular complexity index is 299. The fraction of sp³-hybridized carbons (Fsp3) is 0.933. The van der Waals surface area contributed by atoms with Crippen LogP contribution in [0.5, 0.6) is 0 Å². The SMILES string of the molecule is CNC(C)(CC(C)N(C)C(C)C(C)(C)C)C(=O)OC. The van der Waals surface area contributed by atoms with Crippen LogP contribution in [0.15, 0.2) is 0 Å². The van der Waals surface area contributed by atoms with Crippen molar-refractivity contribution >= 4 is 5.97 Å². The predicted molar refractivity (Wildman–Crippen MR) is 80.2 cm³/mol. The van der Waals surface area contributed by atoms with Gasteiger partial charge in [-0.2, -0.15) is 0 Å². The maximum absolute atomic E-state index is 11.9. The highest BCUT2D eigenvalue weighted by atomic mass is 16.5. The molecule has 0 aliphatic rings. The van der Waals surface area contributed by atoms with E-state index in [2.05, 4.69) is 51.9 Å². The zero-order chi connectivity index (χ0) is 15.4. The molecule has 0 heterocycles. The lowest BCUT2D eigenvalue weighted by Crippen LogP contribution is -2.54. The van der Waals surface area contributed by atoms with Crippen LogP contribution in [0, 0.1) is 5.41 Å².